The third kappa shape index (κ3) is 2.03. The smallest absolute Gasteiger partial charge is 0.206 e. The van der Waals surface area contributed by atoms with Gasteiger partial charge in [0.15, 0.2) is 0 Å². The van der Waals surface area contributed by atoms with Crippen molar-refractivity contribution in [2.75, 3.05) is 12.8 Å². The van der Waals surface area contributed by atoms with Crippen LogP contribution in [0.25, 0.3) is 16.7 Å². The Balaban J connectivity index is 2.33. The third-order valence-electron chi connectivity index (χ3n) is 2.97. The first kappa shape index (κ1) is 12.3. The van der Waals surface area contributed by atoms with Crippen LogP contribution in [0.1, 0.15) is 0 Å². The number of halogens is 1. The summed E-state index contributed by atoms with van der Waals surface area (Å²) in [7, 11) is 1.65. The van der Waals surface area contributed by atoms with E-state index in [1.165, 1.54) is 0 Å². The van der Waals surface area contributed by atoms with Gasteiger partial charge in [-0.25, -0.2) is 4.98 Å². The molecule has 96 valence electrons. The van der Waals surface area contributed by atoms with Gasteiger partial charge in [-0.3, -0.25) is 4.57 Å². The highest BCUT2D eigenvalue weighted by atomic mass is 127. The lowest BCUT2D eigenvalue weighted by molar-refractivity contribution is 0.413. The van der Waals surface area contributed by atoms with Crippen molar-refractivity contribution >= 4 is 39.6 Å². The van der Waals surface area contributed by atoms with Crippen LogP contribution in [0.15, 0.2) is 42.5 Å². The van der Waals surface area contributed by atoms with Crippen LogP contribution in [0.4, 0.5) is 5.95 Å². The second kappa shape index (κ2) is 4.73. The fourth-order valence-corrected chi connectivity index (χ4v) is 2.61. The van der Waals surface area contributed by atoms with Gasteiger partial charge in [0.05, 0.1) is 23.8 Å². The summed E-state index contributed by atoms with van der Waals surface area (Å²) in [6.07, 6.45) is 0. The van der Waals surface area contributed by atoms with Crippen molar-refractivity contribution in [3.63, 3.8) is 0 Å². The largest absolute Gasteiger partial charge is 0.495 e. The number of methoxy groups -OCH3 is 1. The van der Waals surface area contributed by atoms with Crippen LogP contribution in [0.3, 0.4) is 0 Å². The number of fused-ring (bicyclic) bond motifs is 1. The predicted molar refractivity (Wildman–Crippen MR) is 84.8 cm³/mol. The molecule has 0 aliphatic heterocycles. The van der Waals surface area contributed by atoms with Crippen molar-refractivity contribution in [3.05, 3.63) is 46.0 Å². The number of aromatic nitrogens is 2. The number of nitrogen functional groups attached to an aromatic ring is 1. The van der Waals surface area contributed by atoms with E-state index in [4.69, 9.17) is 10.5 Å². The number of para-hydroxylation sites is 2. The molecule has 0 saturated carbocycles. The molecule has 0 radical (unpaired) electrons. The van der Waals surface area contributed by atoms with E-state index in [9.17, 15) is 0 Å². The Morgan fingerprint density at radius 1 is 1.21 bits per heavy atom. The van der Waals surface area contributed by atoms with Crippen molar-refractivity contribution in [1.29, 1.82) is 0 Å². The zero-order valence-electron chi connectivity index (χ0n) is 10.3. The lowest BCUT2D eigenvalue weighted by atomic mass is 10.2. The first-order valence-electron chi connectivity index (χ1n) is 5.77. The van der Waals surface area contributed by atoms with Crippen LogP contribution in [-0.2, 0) is 0 Å². The Kier molecular flexibility index (Phi) is 3.06. The molecule has 0 atom stereocenters. The Morgan fingerprint density at radius 3 is 2.79 bits per heavy atom. The summed E-state index contributed by atoms with van der Waals surface area (Å²) < 4.78 is 8.43. The van der Waals surface area contributed by atoms with Gasteiger partial charge in [0.1, 0.15) is 5.75 Å². The van der Waals surface area contributed by atoms with Crippen LogP contribution in [-0.4, -0.2) is 16.7 Å². The quantitative estimate of drug-likeness (QED) is 0.710. The van der Waals surface area contributed by atoms with Gasteiger partial charge in [0, 0.05) is 3.57 Å². The van der Waals surface area contributed by atoms with Crippen LogP contribution < -0.4 is 10.5 Å². The number of imidazole rings is 1. The molecule has 19 heavy (non-hydrogen) atoms. The van der Waals surface area contributed by atoms with E-state index in [-0.39, 0.29) is 0 Å². The molecule has 2 N–H and O–H groups in total. The lowest BCUT2D eigenvalue weighted by Gasteiger charge is -2.11. The monoisotopic (exact) mass is 365 g/mol. The van der Waals surface area contributed by atoms with Gasteiger partial charge in [-0.1, -0.05) is 12.1 Å². The van der Waals surface area contributed by atoms with E-state index in [0.29, 0.717) is 5.95 Å². The average molecular weight is 365 g/mol. The summed E-state index contributed by atoms with van der Waals surface area (Å²) in [5.74, 6) is 1.23. The molecule has 0 aliphatic rings. The fraction of sp³-hybridized carbons (Fsp3) is 0.0714. The molecular weight excluding hydrogens is 353 g/mol. The van der Waals surface area contributed by atoms with Crippen LogP contribution in [0, 0.1) is 3.57 Å². The topological polar surface area (TPSA) is 53.1 Å². The van der Waals surface area contributed by atoms with Crippen molar-refractivity contribution in [1.82, 2.24) is 9.55 Å². The number of benzene rings is 2. The summed E-state index contributed by atoms with van der Waals surface area (Å²) in [4.78, 5) is 4.41. The molecule has 0 amide bonds. The molecule has 0 saturated heterocycles. The third-order valence-corrected chi connectivity index (χ3v) is 3.64. The molecule has 2 aromatic carbocycles. The number of ether oxygens (including phenoxy) is 1. The molecule has 3 aromatic rings. The first-order chi connectivity index (χ1) is 9.20. The molecule has 0 unspecified atom stereocenters. The summed E-state index contributed by atoms with van der Waals surface area (Å²) in [5, 5.41) is 0. The van der Waals surface area contributed by atoms with E-state index < -0.39 is 0 Å². The minimum Gasteiger partial charge on any atom is -0.495 e. The first-order valence-corrected chi connectivity index (χ1v) is 6.85. The molecule has 5 heteroatoms. The molecule has 1 aromatic heterocycles. The molecule has 1 heterocycles. The van der Waals surface area contributed by atoms with Gasteiger partial charge >= 0.3 is 0 Å². The average Bonchev–Trinajstić information content (AvgIpc) is 2.73. The van der Waals surface area contributed by atoms with Gasteiger partial charge in [0.25, 0.3) is 0 Å². The van der Waals surface area contributed by atoms with Gasteiger partial charge in [0.2, 0.25) is 5.95 Å². The molecular formula is C14H12IN3O. The predicted octanol–water partition coefficient (Wildman–Crippen LogP) is 3.22. The minimum atomic E-state index is 0.460. The zero-order chi connectivity index (χ0) is 13.4. The summed E-state index contributed by atoms with van der Waals surface area (Å²) in [5.41, 5.74) is 8.81. The number of rotatable bonds is 2. The van der Waals surface area contributed by atoms with Crippen molar-refractivity contribution in [3.8, 4) is 11.4 Å². The second-order valence-electron chi connectivity index (χ2n) is 4.11. The minimum absolute atomic E-state index is 0.460. The number of nitrogens with two attached hydrogens (primary N) is 1. The fourth-order valence-electron chi connectivity index (χ4n) is 2.14. The van der Waals surface area contributed by atoms with Crippen molar-refractivity contribution < 1.29 is 4.74 Å². The standard InChI is InChI=1S/C14H12IN3O/c1-19-13-5-3-2-4-12(13)18-11-7-6-9(15)8-10(11)17-14(18)16/h2-8H,1H3,(H2,16,17). The van der Waals surface area contributed by atoms with Gasteiger partial charge in [-0.15, -0.1) is 0 Å². The number of anilines is 1. The highest BCUT2D eigenvalue weighted by molar-refractivity contribution is 14.1. The highest BCUT2D eigenvalue weighted by Gasteiger charge is 2.13. The molecule has 0 bridgehead atoms. The number of hydrogen-bond acceptors (Lipinski definition) is 3. The van der Waals surface area contributed by atoms with Crippen LogP contribution in [0.5, 0.6) is 5.75 Å². The number of hydrogen-bond donors (Lipinski definition) is 1. The van der Waals surface area contributed by atoms with Gasteiger partial charge in [-0.2, -0.15) is 0 Å². The number of nitrogens with zero attached hydrogens (tertiary/aromatic N) is 2. The van der Waals surface area contributed by atoms with E-state index >= 15 is 0 Å². The van der Waals surface area contributed by atoms with Crippen LogP contribution in [0.2, 0.25) is 0 Å². The van der Waals surface area contributed by atoms with Crippen LogP contribution >= 0.6 is 22.6 Å². The maximum Gasteiger partial charge on any atom is 0.206 e. The Hall–Kier alpha value is -1.76. The van der Waals surface area contributed by atoms with E-state index in [2.05, 4.69) is 27.6 Å². The Labute approximate surface area is 124 Å². The normalized spacial score (nSPS) is 10.8. The Bertz CT molecular complexity index is 752. The van der Waals surface area contributed by atoms with Gasteiger partial charge in [-0.05, 0) is 52.9 Å². The maximum absolute atomic E-state index is 6.05. The lowest BCUT2D eigenvalue weighted by Crippen LogP contribution is -2.02. The zero-order valence-corrected chi connectivity index (χ0v) is 12.5. The maximum atomic E-state index is 6.05. The molecule has 4 nitrogen and oxygen atoms in total. The summed E-state index contributed by atoms with van der Waals surface area (Å²) in [6, 6.07) is 13.8. The summed E-state index contributed by atoms with van der Waals surface area (Å²) in [6.45, 7) is 0. The Morgan fingerprint density at radius 2 is 2.00 bits per heavy atom. The van der Waals surface area contributed by atoms with E-state index in [0.717, 1.165) is 26.0 Å². The van der Waals surface area contributed by atoms with E-state index in [1.54, 1.807) is 7.11 Å². The van der Waals surface area contributed by atoms with Crippen molar-refractivity contribution in [2.24, 2.45) is 0 Å². The molecule has 3 rings (SSSR count). The van der Waals surface area contributed by atoms with Crippen molar-refractivity contribution in [2.45, 2.75) is 0 Å². The van der Waals surface area contributed by atoms with Gasteiger partial charge < -0.3 is 10.5 Å². The highest BCUT2D eigenvalue weighted by Crippen LogP contribution is 2.29. The SMILES string of the molecule is COc1ccccc1-n1c(N)nc2cc(I)ccc21. The van der Waals surface area contributed by atoms with E-state index in [1.807, 2.05) is 47.0 Å². The second-order valence-corrected chi connectivity index (χ2v) is 5.36. The molecule has 0 aliphatic carbocycles. The summed E-state index contributed by atoms with van der Waals surface area (Å²) >= 11 is 2.26. The molecule has 0 fully saturated rings. The molecule has 0 spiro atoms.